The molecular formula is C4H6O6. The minimum atomic E-state index is -1.82. The van der Waals surface area contributed by atoms with Crippen LogP contribution in [0.1, 0.15) is 0 Å². The van der Waals surface area contributed by atoms with E-state index in [2.05, 4.69) is 4.74 Å². The average Bonchev–Trinajstić information content (AvgIpc) is 1.89. The first kappa shape index (κ1) is 11.2. The molecule has 0 aromatic rings. The summed E-state index contributed by atoms with van der Waals surface area (Å²) in [6.07, 6.45) is 0. The Morgan fingerprint density at radius 1 is 1.30 bits per heavy atom. The van der Waals surface area contributed by atoms with E-state index in [0.717, 1.165) is 0 Å². The van der Waals surface area contributed by atoms with E-state index in [-0.39, 0.29) is 0 Å². The van der Waals surface area contributed by atoms with Gasteiger partial charge in [0, 0.05) is 0 Å². The Morgan fingerprint density at radius 3 is 1.50 bits per heavy atom. The second-order valence-electron chi connectivity index (χ2n) is 0.942. The van der Waals surface area contributed by atoms with Gasteiger partial charge in [-0.05, 0) is 0 Å². The highest BCUT2D eigenvalue weighted by Gasteiger charge is 2.04. The van der Waals surface area contributed by atoms with Crippen molar-refractivity contribution in [2.75, 3.05) is 7.11 Å². The Bertz CT molecular complexity index is 116. The maximum atomic E-state index is 9.10. The van der Waals surface area contributed by atoms with Gasteiger partial charge in [-0.25, -0.2) is 9.59 Å². The number of ether oxygens (including phenoxy) is 1. The lowest BCUT2D eigenvalue weighted by molar-refractivity contribution is -0.159. The summed E-state index contributed by atoms with van der Waals surface area (Å²) in [7, 11) is 1.31. The summed E-state index contributed by atoms with van der Waals surface area (Å²) < 4.78 is 3.86. The third-order valence-corrected chi connectivity index (χ3v) is 0.279. The van der Waals surface area contributed by atoms with Crippen LogP contribution in [0.15, 0.2) is 0 Å². The average molecular weight is 150 g/mol. The van der Waals surface area contributed by atoms with E-state index in [1.807, 2.05) is 0 Å². The zero-order valence-corrected chi connectivity index (χ0v) is 5.10. The van der Waals surface area contributed by atoms with Gasteiger partial charge < -0.3 is 14.9 Å². The van der Waals surface area contributed by atoms with E-state index < -0.39 is 11.9 Å². The van der Waals surface area contributed by atoms with Crippen LogP contribution in [0.25, 0.3) is 0 Å². The summed E-state index contributed by atoms with van der Waals surface area (Å²) in [4.78, 5) is 27.2. The van der Waals surface area contributed by atoms with Gasteiger partial charge in [-0.15, -0.1) is 0 Å². The molecule has 0 fully saturated rings. The summed E-state index contributed by atoms with van der Waals surface area (Å²) in [6, 6.07) is 0. The number of methoxy groups -OCH3 is 1. The van der Waals surface area contributed by atoms with Crippen LogP contribution in [0.5, 0.6) is 0 Å². The first-order valence-corrected chi connectivity index (χ1v) is 1.99. The molecule has 0 aliphatic carbocycles. The van der Waals surface area contributed by atoms with Crippen LogP contribution in [-0.4, -0.2) is 35.7 Å². The molecule has 0 saturated heterocycles. The van der Waals surface area contributed by atoms with Gasteiger partial charge in [0.05, 0.1) is 7.11 Å². The van der Waals surface area contributed by atoms with Gasteiger partial charge in [-0.1, -0.05) is 0 Å². The molecule has 0 aliphatic heterocycles. The molecule has 0 radical (unpaired) electrons. The second-order valence-corrected chi connectivity index (χ2v) is 0.942. The fourth-order valence-corrected chi connectivity index (χ4v) is 0. The fourth-order valence-electron chi connectivity index (χ4n) is 0. The first-order chi connectivity index (χ1) is 4.56. The standard InChI is InChI=1S/C2H2O4.C2H4O2/c3-1(4)2(5)6;1-4-2-3/h(H,3,4)(H,5,6);2H,1H3. The van der Waals surface area contributed by atoms with Crippen LogP contribution in [0, 0.1) is 0 Å². The van der Waals surface area contributed by atoms with Crippen molar-refractivity contribution in [3.8, 4) is 0 Å². The maximum Gasteiger partial charge on any atom is 0.414 e. The van der Waals surface area contributed by atoms with Crippen LogP contribution in [0.3, 0.4) is 0 Å². The number of carbonyl (C=O) groups excluding carboxylic acids is 1. The van der Waals surface area contributed by atoms with Crippen molar-refractivity contribution < 1.29 is 29.3 Å². The van der Waals surface area contributed by atoms with Crippen molar-refractivity contribution in [3.05, 3.63) is 0 Å². The summed E-state index contributed by atoms with van der Waals surface area (Å²) in [5.41, 5.74) is 0. The van der Waals surface area contributed by atoms with Gasteiger partial charge >= 0.3 is 11.9 Å². The highest BCUT2D eigenvalue weighted by atomic mass is 16.5. The number of carboxylic acids is 2. The molecular weight excluding hydrogens is 144 g/mol. The lowest BCUT2D eigenvalue weighted by Gasteiger charge is -1.72. The molecule has 6 heteroatoms. The van der Waals surface area contributed by atoms with E-state index in [1.165, 1.54) is 7.11 Å². The number of hydrogen-bond acceptors (Lipinski definition) is 4. The number of hydrogen-bond donors (Lipinski definition) is 2. The van der Waals surface area contributed by atoms with Crippen molar-refractivity contribution in [1.82, 2.24) is 0 Å². The molecule has 0 saturated carbocycles. The molecule has 2 N–H and O–H groups in total. The van der Waals surface area contributed by atoms with Crippen molar-refractivity contribution in [3.63, 3.8) is 0 Å². The van der Waals surface area contributed by atoms with E-state index in [4.69, 9.17) is 24.6 Å². The lowest BCUT2D eigenvalue weighted by Crippen LogP contribution is -2.09. The van der Waals surface area contributed by atoms with Crippen molar-refractivity contribution in [2.45, 2.75) is 0 Å². The van der Waals surface area contributed by atoms with Crippen LogP contribution in [0.4, 0.5) is 0 Å². The molecule has 58 valence electrons. The SMILES string of the molecule is COC=O.O=C(O)C(=O)O. The van der Waals surface area contributed by atoms with E-state index in [0.29, 0.717) is 6.47 Å². The Kier molecular flexibility index (Phi) is 8.33. The zero-order chi connectivity index (χ0) is 8.57. The summed E-state index contributed by atoms with van der Waals surface area (Å²) in [5, 5.41) is 14.8. The van der Waals surface area contributed by atoms with Gasteiger partial charge in [0.1, 0.15) is 0 Å². The van der Waals surface area contributed by atoms with Gasteiger partial charge in [0.2, 0.25) is 0 Å². The number of carbonyl (C=O) groups is 3. The predicted octanol–water partition coefficient (Wildman–Crippen LogP) is -1.06. The third-order valence-electron chi connectivity index (χ3n) is 0.279. The van der Waals surface area contributed by atoms with Gasteiger partial charge in [-0.3, -0.25) is 4.79 Å². The number of rotatable bonds is 1. The third kappa shape index (κ3) is 16.1. The Morgan fingerprint density at radius 2 is 1.50 bits per heavy atom. The van der Waals surface area contributed by atoms with Crippen LogP contribution < -0.4 is 0 Å². The van der Waals surface area contributed by atoms with Crippen LogP contribution in [0.2, 0.25) is 0 Å². The van der Waals surface area contributed by atoms with Crippen molar-refractivity contribution in [2.24, 2.45) is 0 Å². The molecule has 0 unspecified atom stereocenters. The highest BCUT2D eigenvalue weighted by Crippen LogP contribution is 1.56. The Balaban J connectivity index is 0. The Labute approximate surface area is 56.0 Å². The second kappa shape index (κ2) is 7.41. The van der Waals surface area contributed by atoms with Crippen molar-refractivity contribution in [1.29, 1.82) is 0 Å². The largest absolute Gasteiger partial charge is 0.473 e. The normalized spacial score (nSPS) is 6.50. The van der Waals surface area contributed by atoms with Crippen LogP contribution in [-0.2, 0) is 19.1 Å². The summed E-state index contributed by atoms with van der Waals surface area (Å²) in [5.74, 6) is -3.65. The summed E-state index contributed by atoms with van der Waals surface area (Å²) in [6.45, 7) is 0.375. The number of aliphatic carboxylic acids is 2. The number of carboxylic acid groups (broad SMARTS) is 2. The smallest absolute Gasteiger partial charge is 0.414 e. The Hall–Kier alpha value is -1.59. The van der Waals surface area contributed by atoms with Gasteiger partial charge in [0.25, 0.3) is 6.47 Å². The molecule has 0 spiro atoms. The molecule has 0 aromatic carbocycles. The predicted molar refractivity (Wildman–Crippen MR) is 28.3 cm³/mol. The molecule has 0 aliphatic rings. The fraction of sp³-hybridized carbons (Fsp3) is 0.250. The maximum absolute atomic E-state index is 9.10. The lowest BCUT2D eigenvalue weighted by atomic mass is 10.7. The van der Waals surface area contributed by atoms with E-state index in [9.17, 15) is 0 Å². The molecule has 10 heavy (non-hydrogen) atoms. The molecule has 0 heterocycles. The molecule has 0 aromatic heterocycles. The first-order valence-electron chi connectivity index (χ1n) is 1.99. The van der Waals surface area contributed by atoms with Crippen LogP contribution >= 0.6 is 0 Å². The quantitative estimate of drug-likeness (QED) is 0.365. The van der Waals surface area contributed by atoms with Crippen molar-refractivity contribution >= 4 is 18.4 Å². The van der Waals surface area contributed by atoms with Gasteiger partial charge in [0.15, 0.2) is 0 Å². The zero-order valence-electron chi connectivity index (χ0n) is 5.10. The van der Waals surface area contributed by atoms with E-state index >= 15 is 0 Å². The monoisotopic (exact) mass is 150 g/mol. The molecule has 0 atom stereocenters. The van der Waals surface area contributed by atoms with Gasteiger partial charge in [-0.2, -0.15) is 0 Å². The molecule has 0 bridgehead atoms. The topological polar surface area (TPSA) is 101 Å². The minimum absolute atomic E-state index is 0.375. The molecule has 6 nitrogen and oxygen atoms in total. The molecule has 0 rings (SSSR count). The molecule has 0 amide bonds. The minimum Gasteiger partial charge on any atom is -0.473 e. The summed E-state index contributed by atoms with van der Waals surface area (Å²) >= 11 is 0. The van der Waals surface area contributed by atoms with E-state index in [1.54, 1.807) is 0 Å². The highest BCUT2D eigenvalue weighted by molar-refractivity contribution is 6.27.